The van der Waals surface area contributed by atoms with Gasteiger partial charge in [-0.25, -0.2) is 4.79 Å². The minimum atomic E-state index is -0.432. The summed E-state index contributed by atoms with van der Waals surface area (Å²) >= 11 is 0. The normalized spacial score (nSPS) is 18.8. The number of rotatable bonds is 1. The number of hydrogen-bond donors (Lipinski definition) is 2. The van der Waals surface area contributed by atoms with Gasteiger partial charge in [-0.1, -0.05) is 6.07 Å². The van der Waals surface area contributed by atoms with E-state index in [1.807, 2.05) is 25.7 Å². The predicted molar refractivity (Wildman–Crippen MR) is 120 cm³/mol. The van der Waals surface area contributed by atoms with E-state index in [0.29, 0.717) is 32.4 Å². The van der Waals surface area contributed by atoms with E-state index in [4.69, 9.17) is 4.74 Å². The highest BCUT2D eigenvalue weighted by Gasteiger charge is 2.27. The summed E-state index contributed by atoms with van der Waals surface area (Å²) in [5.41, 5.74) is 3.57. The second-order valence-corrected chi connectivity index (χ2v) is 9.11. The molecule has 0 atom stereocenters. The zero-order valence-corrected chi connectivity index (χ0v) is 18.8. The Labute approximate surface area is 184 Å². The lowest BCUT2D eigenvalue weighted by atomic mass is 10.0. The molecule has 0 spiro atoms. The Morgan fingerprint density at radius 3 is 2.23 bits per heavy atom. The molecule has 2 N–H and O–H groups in total. The second kappa shape index (κ2) is 10.0. The monoisotopic (exact) mass is 430 g/mol. The van der Waals surface area contributed by atoms with E-state index in [9.17, 15) is 14.4 Å². The Hall–Kier alpha value is -2.77. The number of anilines is 2. The Bertz CT molecular complexity index is 796. The molecular formula is C23H34N4O4. The van der Waals surface area contributed by atoms with Crippen molar-refractivity contribution in [2.45, 2.75) is 58.5 Å². The van der Waals surface area contributed by atoms with E-state index in [1.165, 1.54) is 23.4 Å². The van der Waals surface area contributed by atoms with Crippen molar-refractivity contribution in [3.05, 3.63) is 23.8 Å². The van der Waals surface area contributed by atoms with Crippen LogP contribution in [0.25, 0.3) is 0 Å². The molecule has 0 aliphatic carbocycles. The predicted octanol–water partition coefficient (Wildman–Crippen LogP) is 2.91. The van der Waals surface area contributed by atoms with Crippen LogP contribution in [0, 0.1) is 0 Å². The number of piperidine rings is 1. The summed E-state index contributed by atoms with van der Waals surface area (Å²) in [5.74, 6) is -0.275. The van der Waals surface area contributed by atoms with Crippen LogP contribution < -0.4 is 15.5 Å². The first-order valence-electron chi connectivity index (χ1n) is 11.1. The molecule has 0 saturated carbocycles. The van der Waals surface area contributed by atoms with Gasteiger partial charge in [0.1, 0.15) is 5.60 Å². The van der Waals surface area contributed by atoms with E-state index >= 15 is 0 Å². The summed E-state index contributed by atoms with van der Waals surface area (Å²) < 4.78 is 5.47. The third-order valence-electron chi connectivity index (χ3n) is 5.43. The van der Waals surface area contributed by atoms with Gasteiger partial charge in [-0.2, -0.15) is 0 Å². The second-order valence-electron chi connectivity index (χ2n) is 9.11. The average Bonchev–Trinajstić information content (AvgIpc) is 2.72. The maximum atomic E-state index is 12.2. The smallest absolute Gasteiger partial charge is 0.410 e. The topological polar surface area (TPSA) is 91.0 Å². The molecule has 170 valence electrons. The number of piperazine rings is 1. The Morgan fingerprint density at radius 2 is 1.65 bits per heavy atom. The number of ether oxygens (including phenoxy) is 1. The van der Waals surface area contributed by atoms with Gasteiger partial charge in [0.2, 0.25) is 11.8 Å². The van der Waals surface area contributed by atoms with Gasteiger partial charge in [-0.3, -0.25) is 14.9 Å². The molecule has 8 nitrogen and oxygen atoms in total. The number of benzene rings is 1. The molecule has 1 aromatic rings. The van der Waals surface area contributed by atoms with Crippen LogP contribution in [-0.4, -0.2) is 61.1 Å². The summed E-state index contributed by atoms with van der Waals surface area (Å²) in [6.45, 7) is 9.92. The quantitative estimate of drug-likeness (QED) is 0.666. The van der Waals surface area contributed by atoms with Crippen molar-refractivity contribution in [2.75, 3.05) is 42.9 Å². The third-order valence-corrected chi connectivity index (χ3v) is 5.43. The number of nitrogens with one attached hydrogen (secondary N) is 2. The number of carbonyl (C=O) groups is 3. The number of carbonyl (C=O) groups excluding carboxylic acids is 3. The lowest BCUT2D eigenvalue weighted by Gasteiger charge is -2.38. The van der Waals surface area contributed by atoms with Crippen LogP contribution in [0.5, 0.6) is 0 Å². The first kappa shape index (κ1) is 22.9. The van der Waals surface area contributed by atoms with Crippen molar-refractivity contribution in [2.24, 2.45) is 0 Å². The Morgan fingerprint density at radius 1 is 0.968 bits per heavy atom. The molecule has 1 aromatic carbocycles. The molecule has 3 aliphatic heterocycles. The molecule has 3 heterocycles. The molecule has 2 fully saturated rings. The molecule has 3 amide bonds. The summed E-state index contributed by atoms with van der Waals surface area (Å²) in [6, 6.07) is 6.48. The number of fused-ring (bicyclic) bond motifs is 1. The minimum Gasteiger partial charge on any atom is -0.444 e. The summed E-state index contributed by atoms with van der Waals surface area (Å²) in [4.78, 5) is 37.1. The fraction of sp³-hybridized carbons (Fsp3) is 0.609. The Kier molecular flexibility index (Phi) is 7.41. The number of amides is 3. The van der Waals surface area contributed by atoms with E-state index in [-0.39, 0.29) is 17.9 Å². The number of imide groups is 1. The van der Waals surface area contributed by atoms with Crippen molar-refractivity contribution in [3.63, 3.8) is 0 Å². The molecule has 0 unspecified atom stereocenters. The fourth-order valence-corrected chi connectivity index (χ4v) is 3.93. The van der Waals surface area contributed by atoms with Crippen molar-refractivity contribution >= 4 is 29.3 Å². The van der Waals surface area contributed by atoms with Crippen molar-refractivity contribution in [1.82, 2.24) is 10.2 Å². The maximum absolute atomic E-state index is 12.2. The highest BCUT2D eigenvalue weighted by Crippen LogP contribution is 2.32. The van der Waals surface area contributed by atoms with Gasteiger partial charge < -0.3 is 19.9 Å². The minimum absolute atomic E-state index is 0.138. The van der Waals surface area contributed by atoms with Crippen LogP contribution in [0.2, 0.25) is 0 Å². The van der Waals surface area contributed by atoms with Gasteiger partial charge in [0.05, 0.1) is 0 Å². The molecule has 2 saturated heterocycles. The number of hydrogen-bond acceptors (Lipinski definition) is 6. The lowest BCUT2D eigenvalue weighted by Crippen LogP contribution is -2.50. The lowest BCUT2D eigenvalue weighted by molar-refractivity contribution is -0.132. The molecule has 0 radical (unpaired) electrons. The van der Waals surface area contributed by atoms with Gasteiger partial charge in [-0.05, 0) is 57.7 Å². The van der Waals surface area contributed by atoms with Crippen molar-refractivity contribution in [3.8, 4) is 0 Å². The van der Waals surface area contributed by atoms with Gasteiger partial charge in [-0.15, -0.1) is 0 Å². The molecule has 31 heavy (non-hydrogen) atoms. The van der Waals surface area contributed by atoms with E-state index in [1.54, 1.807) is 0 Å². The SMILES string of the molecule is CC(C)(C)OC(=O)N1CCN(c2cccc3c2CCCN3)CC1.O=C1CCCC(=O)N1. The summed E-state index contributed by atoms with van der Waals surface area (Å²) in [5, 5.41) is 5.69. The van der Waals surface area contributed by atoms with Crippen LogP contribution in [0.4, 0.5) is 16.2 Å². The molecule has 8 heteroatoms. The van der Waals surface area contributed by atoms with Crippen LogP contribution in [-0.2, 0) is 20.7 Å². The first-order chi connectivity index (χ1) is 14.7. The first-order valence-corrected chi connectivity index (χ1v) is 11.1. The third kappa shape index (κ3) is 6.60. The summed E-state index contributed by atoms with van der Waals surface area (Å²) in [6.07, 6.45) is 3.84. The Balaban J connectivity index is 0.000000287. The molecule has 4 rings (SSSR count). The van der Waals surface area contributed by atoms with Crippen LogP contribution >= 0.6 is 0 Å². The average molecular weight is 431 g/mol. The largest absolute Gasteiger partial charge is 0.444 e. The molecular weight excluding hydrogens is 396 g/mol. The van der Waals surface area contributed by atoms with Gasteiger partial charge in [0.15, 0.2) is 0 Å². The molecule has 0 bridgehead atoms. The van der Waals surface area contributed by atoms with Gasteiger partial charge in [0.25, 0.3) is 0 Å². The highest BCUT2D eigenvalue weighted by molar-refractivity contribution is 5.97. The standard InChI is InChI=1S/C18H27N3O2.C5H7NO2/c1-18(2,3)23-17(22)21-12-10-20(11-13-21)16-8-4-7-15-14(16)6-5-9-19-15;7-4-2-1-3-5(8)6-4/h4,7-8,19H,5-6,9-13H2,1-3H3;1-3H2,(H,6,7,8). The molecule has 3 aliphatic rings. The van der Waals surface area contributed by atoms with Crippen LogP contribution in [0.1, 0.15) is 52.0 Å². The highest BCUT2D eigenvalue weighted by atomic mass is 16.6. The van der Waals surface area contributed by atoms with Crippen LogP contribution in [0.15, 0.2) is 18.2 Å². The fourth-order valence-electron chi connectivity index (χ4n) is 3.93. The molecule has 0 aromatic heterocycles. The van der Waals surface area contributed by atoms with Crippen LogP contribution in [0.3, 0.4) is 0 Å². The zero-order valence-electron chi connectivity index (χ0n) is 18.8. The van der Waals surface area contributed by atoms with Crippen molar-refractivity contribution < 1.29 is 19.1 Å². The van der Waals surface area contributed by atoms with E-state index < -0.39 is 5.60 Å². The number of nitrogens with zero attached hydrogens (tertiary/aromatic N) is 2. The zero-order chi connectivity index (χ0) is 22.4. The van der Waals surface area contributed by atoms with Crippen molar-refractivity contribution in [1.29, 1.82) is 0 Å². The maximum Gasteiger partial charge on any atom is 0.410 e. The van der Waals surface area contributed by atoms with E-state index in [2.05, 4.69) is 33.7 Å². The summed E-state index contributed by atoms with van der Waals surface area (Å²) in [7, 11) is 0. The van der Waals surface area contributed by atoms with E-state index in [0.717, 1.165) is 26.1 Å². The van der Waals surface area contributed by atoms with Gasteiger partial charge >= 0.3 is 6.09 Å². The van der Waals surface area contributed by atoms with Gasteiger partial charge in [0, 0.05) is 56.9 Å².